The number of carbonyl (C=O) groups excluding carboxylic acids is 2. The van der Waals surface area contributed by atoms with Gasteiger partial charge in [-0.15, -0.1) is 0 Å². The third-order valence-electron chi connectivity index (χ3n) is 4.50. The first-order valence-electron chi connectivity index (χ1n) is 8.86. The van der Waals surface area contributed by atoms with Gasteiger partial charge in [0, 0.05) is 5.56 Å². The van der Waals surface area contributed by atoms with Crippen molar-refractivity contribution in [3.05, 3.63) is 83.4 Å². The quantitative estimate of drug-likeness (QED) is 0.551. The highest BCUT2D eigenvalue weighted by molar-refractivity contribution is 7.88. The molecule has 0 saturated carbocycles. The molecule has 0 saturated heterocycles. The number of ketones is 1. The van der Waals surface area contributed by atoms with Gasteiger partial charge in [-0.05, 0) is 18.6 Å². The van der Waals surface area contributed by atoms with Crippen LogP contribution in [0.1, 0.15) is 28.9 Å². The molecule has 1 heterocycles. The summed E-state index contributed by atoms with van der Waals surface area (Å²) in [5, 5.41) is 0. The highest BCUT2D eigenvalue weighted by atomic mass is 32.2. The number of benzene rings is 2. The van der Waals surface area contributed by atoms with E-state index in [4.69, 9.17) is 4.74 Å². The van der Waals surface area contributed by atoms with Gasteiger partial charge in [0.25, 0.3) is 0 Å². The first-order valence-corrected chi connectivity index (χ1v) is 10.7. The minimum absolute atomic E-state index is 0.0370. The van der Waals surface area contributed by atoms with Crippen LogP contribution in [0.5, 0.6) is 0 Å². The summed E-state index contributed by atoms with van der Waals surface area (Å²) in [5.41, 5.74) is 1.03. The number of carbonyl (C=O) groups is 2. The molecule has 0 amide bonds. The number of rotatable bonds is 6. The molecule has 1 aliphatic rings. The average molecular weight is 399 g/mol. The van der Waals surface area contributed by atoms with Crippen LogP contribution in [0.3, 0.4) is 0 Å². The molecular formula is C21H21NO5S. The summed E-state index contributed by atoms with van der Waals surface area (Å²) in [5.74, 6) is -1.16. The summed E-state index contributed by atoms with van der Waals surface area (Å²) in [6, 6.07) is 15.2. The third-order valence-corrected chi connectivity index (χ3v) is 5.71. The second kappa shape index (κ2) is 8.08. The molecule has 0 aliphatic carbocycles. The molecule has 3 rings (SSSR count). The predicted molar refractivity (Wildman–Crippen MR) is 105 cm³/mol. The third kappa shape index (κ3) is 3.90. The smallest absolute Gasteiger partial charge is 0.335 e. The zero-order valence-corrected chi connectivity index (χ0v) is 16.4. The van der Waals surface area contributed by atoms with E-state index in [9.17, 15) is 18.0 Å². The van der Waals surface area contributed by atoms with Gasteiger partial charge in [-0.2, -0.15) is 4.31 Å². The van der Waals surface area contributed by atoms with Crippen molar-refractivity contribution in [3.63, 3.8) is 0 Å². The Bertz CT molecular complexity index is 1000. The fraction of sp³-hybridized carbons (Fsp3) is 0.238. The number of hydrogen-bond donors (Lipinski definition) is 0. The predicted octanol–water partition coefficient (Wildman–Crippen LogP) is 2.74. The largest absolute Gasteiger partial charge is 0.463 e. The molecule has 0 radical (unpaired) electrons. The molecule has 2 aromatic carbocycles. The van der Waals surface area contributed by atoms with E-state index < -0.39 is 33.9 Å². The van der Waals surface area contributed by atoms with Crippen molar-refractivity contribution in [2.24, 2.45) is 0 Å². The van der Waals surface area contributed by atoms with E-state index in [-0.39, 0.29) is 12.2 Å². The normalized spacial score (nSPS) is 19.9. The molecule has 0 spiro atoms. The number of ether oxygens (including phenoxy) is 1. The van der Waals surface area contributed by atoms with Crippen LogP contribution in [-0.4, -0.2) is 43.4 Å². The van der Waals surface area contributed by atoms with Gasteiger partial charge >= 0.3 is 5.97 Å². The van der Waals surface area contributed by atoms with Gasteiger partial charge in [-0.3, -0.25) is 4.79 Å². The van der Waals surface area contributed by atoms with Gasteiger partial charge in [0.15, 0.2) is 5.78 Å². The average Bonchev–Trinajstić information content (AvgIpc) is 3.10. The Hall–Kier alpha value is -2.77. The maximum Gasteiger partial charge on any atom is 0.335 e. The fourth-order valence-electron chi connectivity index (χ4n) is 3.33. The molecule has 0 N–H and O–H groups in total. The standard InChI is InChI=1S/C21H21NO5S/c1-3-27-21(24)17-14-18(15-10-6-4-7-11-15)22(28(2,25)26)19(17)20(23)16-12-8-5-9-13-16/h4-14,18-19H,3H2,1-2H3. The second-order valence-electron chi connectivity index (χ2n) is 6.42. The van der Waals surface area contributed by atoms with E-state index in [1.807, 2.05) is 6.07 Å². The van der Waals surface area contributed by atoms with Crippen LogP contribution in [0, 0.1) is 0 Å². The first-order chi connectivity index (χ1) is 13.3. The lowest BCUT2D eigenvalue weighted by Crippen LogP contribution is -2.44. The van der Waals surface area contributed by atoms with Gasteiger partial charge in [-0.25, -0.2) is 13.2 Å². The zero-order valence-electron chi connectivity index (χ0n) is 15.6. The van der Waals surface area contributed by atoms with Gasteiger partial charge in [0.2, 0.25) is 10.0 Å². The maximum absolute atomic E-state index is 13.2. The number of Topliss-reactive ketones (excluding diaryl/α,β-unsaturated/α-hetero) is 1. The van der Waals surface area contributed by atoms with Gasteiger partial charge in [-0.1, -0.05) is 60.7 Å². The van der Waals surface area contributed by atoms with E-state index in [0.29, 0.717) is 11.1 Å². The number of nitrogens with zero attached hydrogens (tertiary/aromatic N) is 1. The van der Waals surface area contributed by atoms with Crippen LogP contribution in [-0.2, 0) is 19.6 Å². The summed E-state index contributed by atoms with van der Waals surface area (Å²) >= 11 is 0. The Morgan fingerprint density at radius 1 is 1.00 bits per heavy atom. The second-order valence-corrected chi connectivity index (χ2v) is 8.31. The van der Waals surface area contributed by atoms with Crippen molar-refractivity contribution in [3.8, 4) is 0 Å². The Morgan fingerprint density at radius 2 is 1.57 bits per heavy atom. The Labute approximate surface area is 164 Å². The fourth-order valence-corrected chi connectivity index (χ4v) is 4.52. The van der Waals surface area contributed by atoms with Crippen LogP contribution in [0.2, 0.25) is 0 Å². The molecule has 2 aromatic rings. The molecule has 0 bridgehead atoms. The zero-order chi connectivity index (χ0) is 20.3. The van der Waals surface area contributed by atoms with E-state index in [0.717, 1.165) is 10.6 Å². The molecule has 0 aromatic heterocycles. The van der Waals surface area contributed by atoms with Crippen LogP contribution in [0.15, 0.2) is 72.3 Å². The van der Waals surface area contributed by atoms with Crippen LogP contribution in [0.25, 0.3) is 0 Å². The molecule has 146 valence electrons. The lowest BCUT2D eigenvalue weighted by atomic mass is 9.99. The van der Waals surface area contributed by atoms with Crippen molar-refractivity contribution in [2.75, 3.05) is 12.9 Å². The minimum Gasteiger partial charge on any atom is -0.463 e. The van der Waals surface area contributed by atoms with E-state index in [2.05, 4.69) is 0 Å². The molecule has 0 fully saturated rings. The molecule has 1 aliphatic heterocycles. The van der Waals surface area contributed by atoms with Gasteiger partial charge in [0.1, 0.15) is 6.04 Å². The van der Waals surface area contributed by atoms with Crippen molar-refractivity contribution < 1.29 is 22.7 Å². The summed E-state index contributed by atoms with van der Waals surface area (Å²) in [6.07, 6.45) is 2.55. The van der Waals surface area contributed by atoms with Crippen LogP contribution >= 0.6 is 0 Å². The summed E-state index contributed by atoms with van der Waals surface area (Å²) < 4.78 is 31.5. The van der Waals surface area contributed by atoms with Crippen molar-refractivity contribution in [2.45, 2.75) is 19.0 Å². The van der Waals surface area contributed by atoms with Crippen LogP contribution in [0.4, 0.5) is 0 Å². The van der Waals surface area contributed by atoms with Gasteiger partial charge in [0.05, 0.1) is 24.5 Å². The van der Waals surface area contributed by atoms with Crippen molar-refractivity contribution in [1.82, 2.24) is 4.31 Å². The number of esters is 1. The van der Waals surface area contributed by atoms with E-state index in [1.165, 1.54) is 6.08 Å². The first kappa shape index (κ1) is 20.0. The lowest BCUT2D eigenvalue weighted by Gasteiger charge is -2.28. The molecule has 2 unspecified atom stereocenters. The monoisotopic (exact) mass is 399 g/mol. The molecule has 2 atom stereocenters. The van der Waals surface area contributed by atoms with Crippen LogP contribution < -0.4 is 0 Å². The summed E-state index contributed by atoms with van der Waals surface area (Å²) in [7, 11) is -3.83. The molecule has 6 nitrogen and oxygen atoms in total. The maximum atomic E-state index is 13.2. The minimum atomic E-state index is -3.83. The number of hydrogen-bond acceptors (Lipinski definition) is 5. The Kier molecular flexibility index (Phi) is 5.76. The number of sulfonamides is 1. The van der Waals surface area contributed by atoms with Gasteiger partial charge < -0.3 is 4.74 Å². The van der Waals surface area contributed by atoms with Crippen molar-refractivity contribution in [1.29, 1.82) is 0 Å². The highest BCUT2D eigenvalue weighted by Crippen LogP contribution is 2.38. The lowest BCUT2D eigenvalue weighted by molar-refractivity contribution is -0.138. The summed E-state index contributed by atoms with van der Waals surface area (Å²) in [6.45, 7) is 1.78. The summed E-state index contributed by atoms with van der Waals surface area (Å²) in [4.78, 5) is 25.8. The molecule has 28 heavy (non-hydrogen) atoms. The highest BCUT2D eigenvalue weighted by Gasteiger charge is 2.47. The molecular weight excluding hydrogens is 378 g/mol. The SMILES string of the molecule is CCOC(=O)C1=CC(c2ccccc2)N(S(C)(=O)=O)C1C(=O)c1ccccc1. The Morgan fingerprint density at radius 3 is 2.11 bits per heavy atom. The molecule has 7 heteroatoms. The van der Waals surface area contributed by atoms with E-state index in [1.54, 1.807) is 61.5 Å². The van der Waals surface area contributed by atoms with E-state index >= 15 is 0 Å². The topological polar surface area (TPSA) is 80.8 Å². The van der Waals surface area contributed by atoms with Crippen molar-refractivity contribution >= 4 is 21.8 Å². The Balaban J connectivity index is 2.16.